The topological polar surface area (TPSA) is 15.3 Å². The highest BCUT2D eigenvalue weighted by atomic mass is 19.1. The average molecular weight is 232 g/mol. The Balaban J connectivity index is 3.79. The van der Waals surface area contributed by atoms with E-state index in [2.05, 4.69) is 51.8 Å². The Hall–Kier alpha value is -0.150. The predicted octanol–water partition coefficient (Wildman–Crippen LogP) is 2.83. The van der Waals surface area contributed by atoms with Gasteiger partial charge in [0, 0.05) is 17.6 Å². The van der Waals surface area contributed by atoms with Crippen LogP contribution in [0.25, 0.3) is 0 Å². The summed E-state index contributed by atoms with van der Waals surface area (Å²) in [4.78, 5) is 2.06. The van der Waals surface area contributed by atoms with Gasteiger partial charge < -0.3 is 5.32 Å². The molecule has 0 saturated heterocycles. The summed E-state index contributed by atoms with van der Waals surface area (Å²) < 4.78 is 13.7. The molecule has 0 fully saturated rings. The van der Waals surface area contributed by atoms with Crippen LogP contribution >= 0.6 is 0 Å². The molecular weight excluding hydrogens is 203 g/mol. The minimum atomic E-state index is -0.751. The molecule has 98 valence electrons. The SMILES string of the molecule is CN(CC(F)CCNC(C)(C)C)C(C)(C)C. The summed E-state index contributed by atoms with van der Waals surface area (Å²) >= 11 is 0. The predicted molar refractivity (Wildman–Crippen MR) is 69.7 cm³/mol. The van der Waals surface area contributed by atoms with Gasteiger partial charge in [0.2, 0.25) is 0 Å². The zero-order chi connectivity index (χ0) is 13.0. The van der Waals surface area contributed by atoms with E-state index in [0.717, 1.165) is 6.54 Å². The van der Waals surface area contributed by atoms with E-state index in [9.17, 15) is 4.39 Å². The molecule has 0 aromatic rings. The van der Waals surface area contributed by atoms with Gasteiger partial charge in [-0.05, 0) is 61.6 Å². The van der Waals surface area contributed by atoms with Crippen LogP contribution in [0.15, 0.2) is 0 Å². The third-order valence-corrected chi connectivity index (χ3v) is 2.73. The fourth-order valence-corrected chi connectivity index (χ4v) is 1.27. The van der Waals surface area contributed by atoms with Crippen LogP contribution in [0.4, 0.5) is 4.39 Å². The summed E-state index contributed by atoms with van der Waals surface area (Å²) in [6.45, 7) is 13.9. The monoisotopic (exact) mass is 232 g/mol. The summed E-state index contributed by atoms with van der Waals surface area (Å²) in [6, 6.07) is 0. The van der Waals surface area contributed by atoms with Crippen molar-refractivity contribution in [2.24, 2.45) is 0 Å². The lowest BCUT2D eigenvalue weighted by molar-refractivity contribution is 0.123. The standard InChI is InChI=1S/C13H29FN2/c1-12(2,3)15-9-8-11(14)10-16(7)13(4,5)6/h11,15H,8-10H2,1-7H3. The van der Waals surface area contributed by atoms with Crippen LogP contribution in [0.3, 0.4) is 0 Å². The second-order valence-electron chi connectivity index (χ2n) is 6.61. The van der Waals surface area contributed by atoms with Crippen molar-refractivity contribution < 1.29 is 4.39 Å². The van der Waals surface area contributed by atoms with E-state index in [1.807, 2.05) is 7.05 Å². The van der Waals surface area contributed by atoms with E-state index < -0.39 is 6.17 Å². The smallest absolute Gasteiger partial charge is 0.114 e. The number of nitrogens with zero attached hydrogens (tertiary/aromatic N) is 1. The van der Waals surface area contributed by atoms with Crippen molar-refractivity contribution in [3.05, 3.63) is 0 Å². The quantitative estimate of drug-likeness (QED) is 0.784. The number of rotatable bonds is 5. The van der Waals surface area contributed by atoms with Gasteiger partial charge in [0.15, 0.2) is 0 Å². The Labute approximate surface area is 101 Å². The largest absolute Gasteiger partial charge is 0.312 e. The molecule has 0 rings (SSSR count). The lowest BCUT2D eigenvalue weighted by atomic mass is 10.1. The van der Waals surface area contributed by atoms with Gasteiger partial charge >= 0.3 is 0 Å². The maximum Gasteiger partial charge on any atom is 0.114 e. The highest BCUT2D eigenvalue weighted by Gasteiger charge is 2.20. The second-order valence-corrected chi connectivity index (χ2v) is 6.61. The molecule has 1 N–H and O–H groups in total. The van der Waals surface area contributed by atoms with Crippen molar-refractivity contribution in [3.63, 3.8) is 0 Å². The first-order chi connectivity index (χ1) is 7.02. The average Bonchev–Trinajstić information content (AvgIpc) is 1.99. The third kappa shape index (κ3) is 8.05. The number of halogens is 1. The molecule has 2 nitrogen and oxygen atoms in total. The van der Waals surface area contributed by atoms with Crippen LogP contribution in [-0.4, -0.2) is 42.3 Å². The first-order valence-electron chi connectivity index (χ1n) is 6.13. The van der Waals surface area contributed by atoms with Gasteiger partial charge in [0.05, 0.1) is 0 Å². The van der Waals surface area contributed by atoms with Crippen LogP contribution in [-0.2, 0) is 0 Å². The fourth-order valence-electron chi connectivity index (χ4n) is 1.27. The molecule has 0 saturated carbocycles. The molecule has 0 amide bonds. The van der Waals surface area contributed by atoms with Crippen LogP contribution in [0, 0.1) is 0 Å². The van der Waals surface area contributed by atoms with Crippen molar-refractivity contribution >= 4 is 0 Å². The molecule has 0 aliphatic rings. The maximum absolute atomic E-state index is 13.7. The van der Waals surface area contributed by atoms with E-state index in [4.69, 9.17) is 0 Å². The number of hydrogen-bond donors (Lipinski definition) is 1. The normalized spacial score (nSPS) is 15.6. The molecule has 0 aliphatic carbocycles. The van der Waals surface area contributed by atoms with Crippen molar-refractivity contribution in [1.82, 2.24) is 10.2 Å². The summed E-state index contributed by atoms with van der Waals surface area (Å²) in [6.07, 6.45) is -0.170. The van der Waals surface area contributed by atoms with Crippen LogP contribution < -0.4 is 5.32 Å². The maximum atomic E-state index is 13.7. The Kier molecular flexibility index (Phi) is 5.91. The molecule has 0 bridgehead atoms. The van der Waals surface area contributed by atoms with Crippen molar-refractivity contribution in [1.29, 1.82) is 0 Å². The molecule has 1 atom stereocenters. The van der Waals surface area contributed by atoms with Crippen LogP contribution in [0.5, 0.6) is 0 Å². The highest BCUT2D eigenvalue weighted by molar-refractivity contribution is 4.77. The molecule has 0 aromatic heterocycles. The van der Waals surface area contributed by atoms with Crippen molar-refractivity contribution in [2.75, 3.05) is 20.1 Å². The number of alkyl halides is 1. The second kappa shape index (κ2) is 5.97. The molecule has 0 heterocycles. The first-order valence-corrected chi connectivity index (χ1v) is 6.13. The molecule has 0 spiro atoms. The summed E-state index contributed by atoms with van der Waals surface area (Å²) in [7, 11) is 1.98. The molecule has 0 aliphatic heterocycles. The zero-order valence-corrected chi connectivity index (χ0v) is 12.0. The summed E-state index contributed by atoms with van der Waals surface area (Å²) in [5, 5.41) is 3.31. The molecule has 1 unspecified atom stereocenters. The van der Waals surface area contributed by atoms with Gasteiger partial charge in [-0.15, -0.1) is 0 Å². The van der Waals surface area contributed by atoms with E-state index in [1.54, 1.807) is 0 Å². The third-order valence-electron chi connectivity index (χ3n) is 2.73. The lowest BCUT2D eigenvalue weighted by Crippen LogP contribution is -2.43. The minimum absolute atomic E-state index is 0.0434. The highest BCUT2D eigenvalue weighted by Crippen LogP contribution is 2.12. The van der Waals surface area contributed by atoms with E-state index in [0.29, 0.717) is 13.0 Å². The van der Waals surface area contributed by atoms with Crippen molar-refractivity contribution in [3.8, 4) is 0 Å². The van der Waals surface area contributed by atoms with Crippen LogP contribution in [0.1, 0.15) is 48.0 Å². The Morgan fingerprint density at radius 3 is 2.00 bits per heavy atom. The van der Waals surface area contributed by atoms with Gasteiger partial charge in [-0.3, -0.25) is 4.90 Å². The Morgan fingerprint density at radius 1 is 1.12 bits per heavy atom. The van der Waals surface area contributed by atoms with Gasteiger partial charge in [-0.2, -0.15) is 0 Å². The molecule has 0 radical (unpaired) electrons. The van der Waals surface area contributed by atoms with E-state index >= 15 is 0 Å². The van der Waals surface area contributed by atoms with Gasteiger partial charge in [-0.25, -0.2) is 4.39 Å². The summed E-state index contributed by atoms with van der Waals surface area (Å²) in [5.41, 5.74) is 0.122. The van der Waals surface area contributed by atoms with E-state index in [-0.39, 0.29) is 11.1 Å². The molecule has 3 heteroatoms. The van der Waals surface area contributed by atoms with Gasteiger partial charge in [0.25, 0.3) is 0 Å². The fraction of sp³-hybridized carbons (Fsp3) is 1.00. The Bertz CT molecular complexity index is 191. The summed E-state index contributed by atoms with van der Waals surface area (Å²) in [5.74, 6) is 0. The van der Waals surface area contributed by atoms with Gasteiger partial charge in [0.1, 0.15) is 6.17 Å². The van der Waals surface area contributed by atoms with E-state index in [1.165, 1.54) is 0 Å². The van der Waals surface area contributed by atoms with Crippen LogP contribution in [0.2, 0.25) is 0 Å². The molecule has 0 aromatic carbocycles. The van der Waals surface area contributed by atoms with Crippen molar-refractivity contribution in [2.45, 2.75) is 65.2 Å². The zero-order valence-electron chi connectivity index (χ0n) is 12.0. The first kappa shape index (κ1) is 15.9. The lowest BCUT2D eigenvalue weighted by Gasteiger charge is -2.33. The number of nitrogens with one attached hydrogen (secondary N) is 1. The van der Waals surface area contributed by atoms with Gasteiger partial charge in [-0.1, -0.05) is 0 Å². The molecular formula is C13H29FN2. The minimum Gasteiger partial charge on any atom is -0.312 e. The Morgan fingerprint density at radius 2 is 1.62 bits per heavy atom. The number of hydrogen-bond acceptors (Lipinski definition) is 2. The molecule has 16 heavy (non-hydrogen) atoms.